The minimum absolute atomic E-state index is 0.0299. The second kappa shape index (κ2) is 4.94. The normalized spacial score (nSPS) is 34.9. The van der Waals surface area contributed by atoms with Crippen molar-refractivity contribution in [3.05, 3.63) is 36.0 Å². The Labute approximate surface area is 103 Å². The van der Waals surface area contributed by atoms with E-state index in [0.717, 1.165) is 5.57 Å². The number of ketones is 1. The molecule has 0 aromatic heterocycles. The van der Waals surface area contributed by atoms with Crippen LogP contribution in [0.2, 0.25) is 0 Å². The molecule has 1 nitrogen and oxygen atoms in total. The van der Waals surface area contributed by atoms with Crippen LogP contribution in [-0.2, 0) is 4.79 Å². The zero-order chi connectivity index (χ0) is 12.4. The third-order valence-corrected chi connectivity index (χ3v) is 3.30. The van der Waals surface area contributed by atoms with Gasteiger partial charge in [-0.05, 0) is 32.8 Å². The molecular formula is C13H20OP2. The lowest BCUT2D eigenvalue weighted by molar-refractivity contribution is -0.113. The van der Waals surface area contributed by atoms with Crippen molar-refractivity contribution in [2.24, 2.45) is 0 Å². The van der Waals surface area contributed by atoms with E-state index in [1.165, 1.54) is 0 Å². The highest BCUT2D eigenvalue weighted by Gasteiger charge is 2.18. The fourth-order valence-electron chi connectivity index (χ4n) is 1.58. The van der Waals surface area contributed by atoms with E-state index < -0.39 is 0 Å². The van der Waals surface area contributed by atoms with E-state index in [9.17, 15) is 4.79 Å². The molecule has 88 valence electrons. The first-order chi connectivity index (χ1) is 7.22. The summed E-state index contributed by atoms with van der Waals surface area (Å²) in [4.78, 5) is 11.5. The second-order valence-corrected chi connectivity index (χ2v) is 7.39. The lowest BCUT2D eigenvalue weighted by Crippen LogP contribution is -2.13. The Morgan fingerprint density at radius 1 is 1.19 bits per heavy atom. The number of carbonyl (C=O) groups is 1. The first-order valence-electron chi connectivity index (χ1n) is 5.40. The summed E-state index contributed by atoms with van der Waals surface area (Å²) in [5.74, 6) is 0.152. The van der Waals surface area contributed by atoms with Crippen LogP contribution in [0.15, 0.2) is 36.0 Å². The SMILES string of the molecule is CC(=O)C1=CC(C)(P)C=CC(C)(P)C=CC1. The summed E-state index contributed by atoms with van der Waals surface area (Å²) in [5.41, 5.74) is 0.876. The van der Waals surface area contributed by atoms with Gasteiger partial charge in [-0.25, -0.2) is 0 Å². The van der Waals surface area contributed by atoms with E-state index >= 15 is 0 Å². The summed E-state index contributed by atoms with van der Waals surface area (Å²) >= 11 is 0. The van der Waals surface area contributed by atoms with Gasteiger partial charge in [0.25, 0.3) is 0 Å². The van der Waals surface area contributed by atoms with Crippen LogP contribution in [0.3, 0.4) is 0 Å². The first kappa shape index (κ1) is 13.8. The van der Waals surface area contributed by atoms with Crippen LogP contribution in [0.25, 0.3) is 0 Å². The van der Waals surface area contributed by atoms with Gasteiger partial charge in [0.1, 0.15) is 0 Å². The summed E-state index contributed by atoms with van der Waals surface area (Å²) in [5, 5.41) is -0.178. The van der Waals surface area contributed by atoms with Crippen molar-refractivity contribution in [2.45, 2.75) is 37.5 Å². The minimum atomic E-state index is -0.148. The van der Waals surface area contributed by atoms with Gasteiger partial charge in [-0.2, -0.15) is 0 Å². The van der Waals surface area contributed by atoms with Crippen LogP contribution in [0.4, 0.5) is 0 Å². The molecule has 0 heterocycles. The highest BCUT2D eigenvalue weighted by Crippen LogP contribution is 2.30. The van der Waals surface area contributed by atoms with Crippen molar-refractivity contribution in [1.29, 1.82) is 0 Å². The molecule has 4 unspecified atom stereocenters. The summed E-state index contributed by atoms with van der Waals surface area (Å²) in [7, 11) is 5.61. The molecule has 0 fully saturated rings. The predicted molar refractivity (Wildman–Crippen MR) is 77.9 cm³/mol. The van der Waals surface area contributed by atoms with E-state index in [1.807, 2.05) is 6.08 Å². The van der Waals surface area contributed by atoms with Gasteiger partial charge >= 0.3 is 0 Å². The number of hydrogen-bond acceptors (Lipinski definition) is 1. The molecule has 3 heteroatoms. The molecule has 0 aromatic rings. The Morgan fingerprint density at radius 2 is 1.75 bits per heavy atom. The average Bonchev–Trinajstić information content (AvgIpc) is 2.17. The number of hydrogen-bond donors (Lipinski definition) is 0. The zero-order valence-corrected chi connectivity index (χ0v) is 12.5. The van der Waals surface area contributed by atoms with Crippen LogP contribution >= 0.6 is 18.5 Å². The maximum Gasteiger partial charge on any atom is 0.155 e. The molecule has 0 radical (unpaired) electrons. The van der Waals surface area contributed by atoms with Crippen LogP contribution in [0.1, 0.15) is 27.2 Å². The van der Waals surface area contributed by atoms with Gasteiger partial charge in [-0.15, -0.1) is 18.5 Å². The Kier molecular flexibility index (Phi) is 4.27. The van der Waals surface area contributed by atoms with E-state index in [2.05, 4.69) is 56.6 Å². The Balaban J connectivity index is 3.14. The van der Waals surface area contributed by atoms with Crippen molar-refractivity contribution >= 4 is 24.3 Å². The average molecular weight is 254 g/mol. The van der Waals surface area contributed by atoms with Crippen molar-refractivity contribution in [3.63, 3.8) is 0 Å². The number of rotatable bonds is 1. The highest BCUT2D eigenvalue weighted by atomic mass is 31.0. The van der Waals surface area contributed by atoms with Gasteiger partial charge in [0.05, 0.1) is 0 Å². The highest BCUT2D eigenvalue weighted by molar-refractivity contribution is 7.20. The Hall–Kier alpha value is -0.250. The topological polar surface area (TPSA) is 17.1 Å². The van der Waals surface area contributed by atoms with Crippen LogP contribution in [-0.4, -0.2) is 16.1 Å². The third kappa shape index (κ3) is 4.32. The Morgan fingerprint density at radius 3 is 2.31 bits per heavy atom. The molecular weight excluding hydrogens is 234 g/mol. The van der Waals surface area contributed by atoms with E-state index in [1.54, 1.807) is 6.92 Å². The van der Waals surface area contributed by atoms with Crippen LogP contribution in [0.5, 0.6) is 0 Å². The number of allylic oxidation sites excluding steroid dienone is 6. The van der Waals surface area contributed by atoms with E-state index in [4.69, 9.17) is 0 Å². The van der Waals surface area contributed by atoms with Crippen molar-refractivity contribution in [2.75, 3.05) is 0 Å². The standard InChI is InChI=1S/C13H20OP2/c1-10(14)11-5-4-6-12(2,15)7-8-13(3,16)9-11/h4,6-9H,5,15-16H2,1-3H3. The number of carbonyl (C=O) groups excluding carboxylic acids is 1. The smallest absolute Gasteiger partial charge is 0.155 e. The maximum atomic E-state index is 11.5. The molecule has 0 saturated carbocycles. The van der Waals surface area contributed by atoms with Gasteiger partial charge in [-0.1, -0.05) is 30.4 Å². The lowest BCUT2D eigenvalue weighted by Gasteiger charge is -2.19. The molecule has 4 atom stereocenters. The minimum Gasteiger partial charge on any atom is -0.295 e. The molecule has 0 spiro atoms. The monoisotopic (exact) mass is 254 g/mol. The summed E-state index contributed by atoms with van der Waals surface area (Å²) in [6.45, 7) is 5.84. The molecule has 0 amide bonds. The van der Waals surface area contributed by atoms with Gasteiger partial charge in [-0.3, -0.25) is 4.79 Å². The molecule has 0 saturated heterocycles. The van der Waals surface area contributed by atoms with Crippen LogP contribution < -0.4 is 0 Å². The zero-order valence-electron chi connectivity index (χ0n) is 10.2. The molecule has 16 heavy (non-hydrogen) atoms. The summed E-state index contributed by atoms with van der Waals surface area (Å²) in [6, 6.07) is 0. The number of Topliss-reactive ketones (excluding diaryl/α,β-unsaturated/α-hetero) is 1. The maximum absolute atomic E-state index is 11.5. The van der Waals surface area contributed by atoms with Gasteiger partial charge in [0, 0.05) is 10.3 Å². The van der Waals surface area contributed by atoms with Gasteiger partial charge < -0.3 is 0 Å². The molecule has 0 aromatic carbocycles. The first-order valence-corrected chi connectivity index (χ1v) is 6.56. The van der Waals surface area contributed by atoms with Crippen molar-refractivity contribution < 1.29 is 4.79 Å². The fraction of sp³-hybridized carbons (Fsp3) is 0.462. The van der Waals surface area contributed by atoms with Gasteiger partial charge in [0.2, 0.25) is 0 Å². The second-order valence-electron chi connectivity index (χ2n) is 4.90. The quantitative estimate of drug-likeness (QED) is 0.518. The molecule has 1 aliphatic rings. The fourth-order valence-corrected chi connectivity index (χ4v) is 2.11. The Bertz CT molecular complexity index is 373. The molecule has 1 rings (SSSR count). The van der Waals surface area contributed by atoms with Crippen molar-refractivity contribution in [1.82, 2.24) is 0 Å². The molecule has 0 N–H and O–H groups in total. The summed E-state index contributed by atoms with van der Waals surface area (Å²) in [6.07, 6.45) is 11.2. The largest absolute Gasteiger partial charge is 0.295 e. The molecule has 0 aliphatic heterocycles. The van der Waals surface area contributed by atoms with E-state index in [0.29, 0.717) is 6.42 Å². The molecule has 1 aliphatic carbocycles. The van der Waals surface area contributed by atoms with Crippen LogP contribution in [0, 0.1) is 0 Å². The van der Waals surface area contributed by atoms with Gasteiger partial charge in [0.15, 0.2) is 5.78 Å². The van der Waals surface area contributed by atoms with Crippen molar-refractivity contribution in [3.8, 4) is 0 Å². The molecule has 0 bridgehead atoms. The summed E-state index contributed by atoms with van der Waals surface area (Å²) < 4.78 is 0. The third-order valence-electron chi connectivity index (χ3n) is 2.55. The predicted octanol–water partition coefficient (Wildman–Crippen LogP) is 3.29. The lowest BCUT2D eigenvalue weighted by atomic mass is 10.0. The van der Waals surface area contributed by atoms with E-state index in [-0.39, 0.29) is 16.1 Å².